The summed E-state index contributed by atoms with van der Waals surface area (Å²) in [6.07, 6.45) is 0. The van der Waals surface area contributed by atoms with E-state index in [1.165, 1.54) is 0 Å². The van der Waals surface area contributed by atoms with Gasteiger partial charge in [-0.05, 0) is 25.1 Å². The van der Waals surface area contributed by atoms with E-state index in [1.807, 2.05) is 39.0 Å². The van der Waals surface area contributed by atoms with Gasteiger partial charge in [-0.1, -0.05) is 13.8 Å². The van der Waals surface area contributed by atoms with E-state index in [0.717, 1.165) is 22.5 Å². The highest BCUT2D eigenvalue weighted by Crippen LogP contribution is 2.13. The molecule has 2 aromatic rings. The standard InChI is InChI=1S/C8H9N3.C2H6/c1-5-10-7-3-2-6(9)4-8(7)11-5;1-2/h2-4H,9H2,1H3,(H,10,11);1-2H3. The number of nitrogens with one attached hydrogen (secondary N) is 1. The number of hydrogen-bond donors (Lipinski definition) is 2. The van der Waals surface area contributed by atoms with Gasteiger partial charge >= 0.3 is 0 Å². The van der Waals surface area contributed by atoms with Gasteiger partial charge in [0.25, 0.3) is 0 Å². The molecule has 2 rings (SSSR count). The molecule has 0 aliphatic rings. The molecule has 3 nitrogen and oxygen atoms in total. The van der Waals surface area contributed by atoms with Gasteiger partial charge in [0.05, 0.1) is 11.0 Å². The highest BCUT2D eigenvalue weighted by Gasteiger charge is 1.97. The number of aryl methyl sites for hydroxylation is 1. The molecule has 0 radical (unpaired) electrons. The molecule has 0 aliphatic carbocycles. The van der Waals surface area contributed by atoms with Crippen LogP contribution in [0.15, 0.2) is 18.2 Å². The van der Waals surface area contributed by atoms with Crippen molar-refractivity contribution in [3.8, 4) is 0 Å². The lowest BCUT2D eigenvalue weighted by Gasteiger charge is -1.89. The summed E-state index contributed by atoms with van der Waals surface area (Å²) in [6, 6.07) is 5.64. The Labute approximate surface area is 78.0 Å². The summed E-state index contributed by atoms with van der Waals surface area (Å²) < 4.78 is 0. The second-order valence-corrected chi connectivity index (χ2v) is 2.60. The second-order valence-electron chi connectivity index (χ2n) is 2.60. The van der Waals surface area contributed by atoms with Gasteiger partial charge in [-0.25, -0.2) is 4.98 Å². The zero-order valence-electron chi connectivity index (χ0n) is 8.26. The fourth-order valence-corrected chi connectivity index (χ4v) is 1.15. The minimum atomic E-state index is 0.765. The second kappa shape index (κ2) is 3.94. The van der Waals surface area contributed by atoms with Crippen LogP contribution in [0.25, 0.3) is 11.0 Å². The van der Waals surface area contributed by atoms with Crippen LogP contribution in [0.5, 0.6) is 0 Å². The number of anilines is 1. The number of nitrogens with two attached hydrogens (primary N) is 1. The van der Waals surface area contributed by atoms with Gasteiger partial charge in [0.2, 0.25) is 0 Å². The molecular weight excluding hydrogens is 162 g/mol. The number of fused-ring (bicyclic) bond motifs is 1. The largest absolute Gasteiger partial charge is 0.399 e. The van der Waals surface area contributed by atoms with Crippen LogP contribution < -0.4 is 5.73 Å². The number of hydrogen-bond acceptors (Lipinski definition) is 2. The lowest BCUT2D eigenvalue weighted by atomic mass is 10.3. The van der Waals surface area contributed by atoms with Crippen LogP contribution >= 0.6 is 0 Å². The van der Waals surface area contributed by atoms with Gasteiger partial charge in [0, 0.05) is 5.69 Å². The fourth-order valence-electron chi connectivity index (χ4n) is 1.15. The number of nitrogen functional groups attached to an aromatic ring is 1. The van der Waals surface area contributed by atoms with Crippen molar-refractivity contribution in [3.05, 3.63) is 24.0 Å². The van der Waals surface area contributed by atoms with Crippen molar-refractivity contribution in [2.45, 2.75) is 20.8 Å². The summed E-state index contributed by atoms with van der Waals surface area (Å²) in [5.41, 5.74) is 8.32. The van der Waals surface area contributed by atoms with Gasteiger partial charge in [0.1, 0.15) is 5.82 Å². The topological polar surface area (TPSA) is 54.7 Å². The summed E-state index contributed by atoms with van der Waals surface area (Å²) >= 11 is 0. The molecule has 0 unspecified atom stereocenters. The zero-order valence-corrected chi connectivity index (χ0v) is 8.26. The van der Waals surface area contributed by atoms with Crippen LogP contribution in [0, 0.1) is 6.92 Å². The van der Waals surface area contributed by atoms with Crippen molar-refractivity contribution < 1.29 is 0 Å². The van der Waals surface area contributed by atoms with Crippen molar-refractivity contribution in [1.82, 2.24) is 9.97 Å². The number of rotatable bonds is 0. The van der Waals surface area contributed by atoms with E-state index in [2.05, 4.69) is 9.97 Å². The number of nitrogens with zero attached hydrogens (tertiary/aromatic N) is 1. The van der Waals surface area contributed by atoms with E-state index in [1.54, 1.807) is 0 Å². The van der Waals surface area contributed by atoms with Gasteiger partial charge < -0.3 is 10.7 Å². The quantitative estimate of drug-likeness (QED) is 0.607. The predicted octanol–water partition coefficient (Wildman–Crippen LogP) is 2.48. The average Bonchev–Trinajstić information content (AvgIpc) is 2.48. The minimum absolute atomic E-state index is 0.765. The molecule has 0 saturated carbocycles. The van der Waals surface area contributed by atoms with E-state index < -0.39 is 0 Å². The molecule has 13 heavy (non-hydrogen) atoms. The van der Waals surface area contributed by atoms with E-state index >= 15 is 0 Å². The Bertz CT molecular complexity index is 390. The third-order valence-electron chi connectivity index (χ3n) is 1.62. The molecule has 0 fully saturated rings. The molecule has 0 saturated heterocycles. The highest BCUT2D eigenvalue weighted by molar-refractivity contribution is 5.78. The van der Waals surface area contributed by atoms with E-state index in [9.17, 15) is 0 Å². The Kier molecular flexibility index (Phi) is 2.90. The Morgan fingerprint density at radius 3 is 2.69 bits per heavy atom. The summed E-state index contributed by atoms with van der Waals surface area (Å²) in [7, 11) is 0. The van der Waals surface area contributed by atoms with E-state index in [-0.39, 0.29) is 0 Å². The predicted molar refractivity (Wildman–Crippen MR) is 56.6 cm³/mol. The molecule has 3 heteroatoms. The van der Waals surface area contributed by atoms with Gasteiger partial charge in [0.15, 0.2) is 0 Å². The zero-order chi connectivity index (χ0) is 9.84. The molecule has 0 atom stereocenters. The summed E-state index contributed by atoms with van der Waals surface area (Å²) in [6.45, 7) is 5.93. The first-order valence-corrected chi connectivity index (χ1v) is 4.47. The van der Waals surface area contributed by atoms with Crippen LogP contribution in [0.1, 0.15) is 19.7 Å². The molecule has 0 bridgehead atoms. The molecular formula is C10H15N3. The van der Waals surface area contributed by atoms with E-state index in [0.29, 0.717) is 0 Å². The average molecular weight is 177 g/mol. The lowest BCUT2D eigenvalue weighted by molar-refractivity contribution is 1.17. The Morgan fingerprint density at radius 1 is 1.31 bits per heavy atom. The first kappa shape index (κ1) is 9.58. The van der Waals surface area contributed by atoms with Gasteiger partial charge in [-0.15, -0.1) is 0 Å². The Balaban J connectivity index is 0.000000396. The Hall–Kier alpha value is -1.51. The minimum Gasteiger partial charge on any atom is -0.399 e. The third kappa shape index (κ3) is 1.99. The molecule has 1 aromatic heterocycles. The van der Waals surface area contributed by atoms with Gasteiger partial charge in [-0.3, -0.25) is 0 Å². The van der Waals surface area contributed by atoms with Crippen molar-refractivity contribution in [2.24, 2.45) is 0 Å². The maximum Gasteiger partial charge on any atom is 0.104 e. The first-order valence-electron chi connectivity index (χ1n) is 4.47. The smallest absolute Gasteiger partial charge is 0.104 e. The van der Waals surface area contributed by atoms with Crippen LogP contribution in [0.4, 0.5) is 5.69 Å². The SMILES string of the molecule is CC.Cc1nc2ccc(N)cc2[nH]1. The molecule has 1 aromatic carbocycles. The number of aromatic amines is 1. The third-order valence-corrected chi connectivity index (χ3v) is 1.62. The highest BCUT2D eigenvalue weighted by atomic mass is 14.9. The van der Waals surface area contributed by atoms with Crippen LogP contribution in [-0.2, 0) is 0 Å². The van der Waals surface area contributed by atoms with Crippen LogP contribution in [-0.4, -0.2) is 9.97 Å². The van der Waals surface area contributed by atoms with Crippen molar-refractivity contribution in [2.75, 3.05) is 5.73 Å². The molecule has 1 heterocycles. The summed E-state index contributed by atoms with van der Waals surface area (Å²) in [5, 5.41) is 0. The molecule has 3 N–H and O–H groups in total. The number of benzene rings is 1. The molecule has 0 spiro atoms. The van der Waals surface area contributed by atoms with Gasteiger partial charge in [-0.2, -0.15) is 0 Å². The molecule has 0 aliphatic heterocycles. The normalized spacial score (nSPS) is 9.46. The number of imidazole rings is 1. The van der Waals surface area contributed by atoms with Crippen molar-refractivity contribution in [1.29, 1.82) is 0 Å². The first-order chi connectivity index (χ1) is 6.25. The van der Waals surface area contributed by atoms with E-state index in [4.69, 9.17) is 5.73 Å². The summed E-state index contributed by atoms with van der Waals surface area (Å²) in [5.74, 6) is 0.922. The Morgan fingerprint density at radius 2 is 2.00 bits per heavy atom. The van der Waals surface area contributed by atoms with Crippen LogP contribution in [0.3, 0.4) is 0 Å². The van der Waals surface area contributed by atoms with Crippen molar-refractivity contribution in [3.63, 3.8) is 0 Å². The number of H-pyrrole nitrogens is 1. The maximum absolute atomic E-state index is 5.59. The van der Waals surface area contributed by atoms with Crippen molar-refractivity contribution >= 4 is 16.7 Å². The molecule has 0 amide bonds. The summed E-state index contributed by atoms with van der Waals surface area (Å²) in [4.78, 5) is 7.35. The molecule has 70 valence electrons. The number of aromatic nitrogens is 2. The lowest BCUT2D eigenvalue weighted by Crippen LogP contribution is -1.82. The maximum atomic E-state index is 5.59. The van der Waals surface area contributed by atoms with Crippen LogP contribution in [0.2, 0.25) is 0 Å². The monoisotopic (exact) mass is 177 g/mol. The fraction of sp³-hybridized carbons (Fsp3) is 0.300.